The molecular formula is C9H10F3N3O2. The molecule has 94 valence electrons. The van der Waals surface area contributed by atoms with Crippen molar-refractivity contribution in [2.75, 3.05) is 5.32 Å². The van der Waals surface area contributed by atoms with E-state index in [2.05, 4.69) is 4.98 Å². The summed E-state index contributed by atoms with van der Waals surface area (Å²) in [4.78, 5) is 14.1. The van der Waals surface area contributed by atoms with Crippen LogP contribution in [0.4, 0.5) is 19.0 Å². The van der Waals surface area contributed by atoms with Crippen molar-refractivity contribution in [3.8, 4) is 0 Å². The standard InChI is InChI=1S/C9H10F3N3O2/c10-9(11,12)7(6(13)8(16)17)15-5-3-1-2-4-14-5/h1-4,6-7H,13H2,(H,14,15)(H,16,17)/t6-,7?/m0/s1. The van der Waals surface area contributed by atoms with E-state index in [-0.39, 0.29) is 5.82 Å². The van der Waals surface area contributed by atoms with Gasteiger partial charge >= 0.3 is 12.1 Å². The second kappa shape index (κ2) is 5.00. The van der Waals surface area contributed by atoms with E-state index < -0.39 is 24.2 Å². The molecule has 8 heteroatoms. The number of carboxylic acid groups (broad SMARTS) is 1. The Balaban J connectivity index is 2.89. The lowest BCUT2D eigenvalue weighted by atomic mass is 10.1. The van der Waals surface area contributed by atoms with E-state index in [4.69, 9.17) is 10.8 Å². The van der Waals surface area contributed by atoms with E-state index in [0.29, 0.717) is 0 Å². The Morgan fingerprint density at radius 2 is 2.12 bits per heavy atom. The van der Waals surface area contributed by atoms with Gasteiger partial charge in [-0.2, -0.15) is 13.2 Å². The molecule has 0 saturated carbocycles. The number of aliphatic carboxylic acids is 1. The van der Waals surface area contributed by atoms with Crippen LogP contribution in [0.3, 0.4) is 0 Å². The first kappa shape index (κ1) is 13.2. The molecule has 0 aliphatic rings. The number of hydrogen-bond donors (Lipinski definition) is 3. The summed E-state index contributed by atoms with van der Waals surface area (Å²) in [6.07, 6.45) is -3.50. The largest absolute Gasteiger partial charge is 0.480 e. The summed E-state index contributed by atoms with van der Waals surface area (Å²) in [6, 6.07) is -0.223. The van der Waals surface area contributed by atoms with Crippen molar-refractivity contribution in [3.05, 3.63) is 24.4 Å². The molecule has 4 N–H and O–H groups in total. The number of carbonyl (C=O) groups is 1. The van der Waals surface area contributed by atoms with Crippen LogP contribution in [0.2, 0.25) is 0 Å². The van der Waals surface area contributed by atoms with Crippen molar-refractivity contribution in [1.29, 1.82) is 0 Å². The highest BCUT2D eigenvalue weighted by Crippen LogP contribution is 2.24. The number of halogens is 3. The Labute approximate surface area is 94.5 Å². The van der Waals surface area contributed by atoms with Gasteiger partial charge < -0.3 is 16.2 Å². The summed E-state index contributed by atoms with van der Waals surface area (Å²) in [5.74, 6) is -1.83. The highest BCUT2D eigenvalue weighted by atomic mass is 19.4. The molecule has 0 aliphatic carbocycles. The summed E-state index contributed by atoms with van der Waals surface area (Å²) >= 11 is 0. The van der Waals surface area contributed by atoms with Crippen molar-refractivity contribution in [2.24, 2.45) is 5.73 Å². The maximum Gasteiger partial charge on any atom is 0.410 e. The Hall–Kier alpha value is -1.83. The van der Waals surface area contributed by atoms with Crippen LogP contribution in [-0.4, -0.2) is 34.3 Å². The van der Waals surface area contributed by atoms with Crippen LogP contribution in [0, 0.1) is 0 Å². The number of pyridine rings is 1. The Morgan fingerprint density at radius 1 is 1.47 bits per heavy atom. The molecule has 0 spiro atoms. The third-order valence-electron chi connectivity index (χ3n) is 1.97. The number of nitrogens with two attached hydrogens (primary N) is 1. The van der Waals surface area contributed by atoms with Crippen LogP contribution in [0.5, 0.6) is 0 Å². The normalized spacial score (nSPS) is 15.1. The van der Waals surface area contributed by atoms with E-state index in [9.17, 15) is 18.0 Å². The summed E-state index contributed by atoms with van der Waals surface area (Å²) in [5, 5.41) is 10.5. The summed E-state index contributed by atoms with van der Waals surface area (Å²) in [7, 11) is 0. The first-order chi connectivity index (χ1) is 7.82. The maximum atomic E-state index is 12.6. The lowest BCUT2D eigenvalue weighted by molar-refractivity contribution is -0.161. The van der Waals surface area contributed by atoms with E-state index >= 15 is 0 Å². The molecule has 1 rings (SSSR count). The first-order valence-corrected chi connectivity index (χ1v) is 4.55. The van der Waals surface area contributed by atoms with Crippen LogP contribution in [0.25, 0.3) is 0 Å². The van der Waals surface area contributed by atoms with Crippen molar-refractivity contribution in [3.63, 3.8) is 0 Å². The van der Waals surface area contributed by atoms with Gasteiger partial charge in [0.1, 0.15) is 17.9 Å². The van der Waals surface area contributed by atoms with Gasteiger partial charge in [-0.3, -0.25) is 4.79 Å². The topological polar surface area (TPSA) is 88.2 Å². The van der Waals surface area contributed by atoms with Crippen molar-refractivity contribution in [2.45, 2.75) is 18.3 Å². The Bertz CT molecular complexity index is 383. The zero-order valence-electron chi connectivity index (χ0n) is 8.48. The van der Waals surface area contributed by atoms with Crippen molar-refractivity contribution < 1.29 is 23.1 Å². The van der Waals surface area contributed by atoms with Gasteiger partial charge in [-0.05, 0) is 12.1 Å². The quantitative estimate of drug-likeness (QED) is 0.735. The summed E-state index contributed by atoms with van der Waals surface area (Å²) in [5.41, 5.74) is 4.98. The average molecular weight is 249 g/mol. The number of nitrogens with one attached hydrogen (secondary N) is 1. The molecule has 0 fully saturated rings. The van der Waals surface area contributed by atoms with Crippen LogP contribution in [0.1, 0.15) is 0 Å². The minimum Gasteiger partial charge on any atom is -0.480 e. The van der Waals surface area contributed by atoms with Gasteiger partial charge in [0.25, 0.3) is 0 Å². The fourth-order valence-corrected chi connectivity index (χ4v) is 1.13. The predicted molar refractivity (Wildman–Crippen MR) is 53.3 cm³/mol. The van der Waals surface area contributed by atoms with Gasteiger partial charge in [-0.15, -0.1) is 0 Å². The minimum absolute atomic E-state index is 0.0912. The Kier molecular flexibility index (Phi) is 3.89. The van der Waals surface area contributed by atoms with Crippen LogP contribution >= 0.6 is 0 Å². The molecule has 1 aromatic heterocycles. The number of alkyl halides is 3. The fourth-order valence-electron chi connectivity index (χ4n) is 1.13. The number of rotatable bonds is 4. The first-order valence-electron chi connectivity index (χ1n) is 4.55. The second-order valence-electron chi connectivity index (χ2n) is 3.24. The van der Waals surface area contributed by atoms with Gasteiger partial charge in [0.15, 0.2) is 0 Å². The molecule has 17 heavy (non-hydrogen) atoms. The van der Waals surface area contributed by atoms with Gasteiger partial charge in [0.05, 0.1) is 0 Å². The molecule has 0 amide bonds. The highest BCUT2D eigenvalue weighted by molar-refractivity contribution is 5.75. The fraction of sp³-hybridized carbons (Fsp3) is 0.333. The molecule has 1 unspecified atom stereocenters. The van der Waals surface area contributed by atoms with Gasteiger partial charge in [0, 0.05) is 6.20 Å². The maximum absolute atomic E-state index is 12.6. The number of nitrogens with zero attached hydrogens (tertiary/aromatic N) is 1. The van der Waals surface area contributed by atoms with E-state index in [0.717, 1.165) is 0 Å². The monoisotopic (exact) mass is 249 g/mol. The molecule has 0 aromatic carbocycles. The molecule has 2 atom stereocenters. The summed E-state index contributed by atoms with van der Waals surface area (Å²) in [6.45, 7) is 0. The van der Waals surface area contributed by atoms with Crippen LogP contribution in [-0.2, 0) is 4.79 Å². The van der Waals surface area contributed by atoms with E-state index in [1.807, 2.05) is 5.32 Å². The van der Waals surface area contributed by atoms with Crippen molar-refractivity contribution in [1.82, 2.24) is 4.98 Å². The molecule has 5 nitrogen and oxygen atoms in total. The average Bonchev–Trinajstić information content (AvgIpc) is 2.24. The van der Waals surface area contributed by atoms with Gasteiger partial charge in [-0.25, -0.2) is 4.98 Å². The molecule has 1 aromatic rings. The second-order valence-corrected chi connectivity index (χ2v) is 3.24. The Morgan fingerprint density at radius 3 is 2.53 bits per heavy atom. The molecule has 0 saturated heterocycles. The molecule has 0 bridgehead atoms. The molecule has 1 heterocycles. The van der Waals surface area contributed by atoms with Crippen LogP contribution in [0.15, 0.2) is 24.4 Å². The lowest BCUT2D eigenvalue weighted by Gasteiger charge is -2.24. The van der Waals surface area contributed by atoms with E-state index in [1.54, 1.807) is 0 Å². The molecule has 0 radical (unpaired) electrons. The van der Waals surface area contributed by atoms with Gasteiger partial charge in [-0.1, -0.05) is 6.07 Å². The molecular weight excluding hydrogens is 239 g/mol. The number of anilines is 1. The van der Waals surface area contributed by atoms with Gasteiger partial charge in [0.2, 0.25) is 0 Å². The van der Waals surface area contributed by atoms with Crippen LogP contribution < -0.4 is 11.1 Å². The predicted octanol–water partition coefficient (Wildman–Crippen LogP) is 0.836. The lowest BCUT2D eigenvalue weighted by Crippen LogP contribution is -2.54. The minimum atomic E-state index is -4.78. The highest BCUT2D eigenvalue weighted by Gasteiger charge is 2.46. The summed E-state index contributed by atoms with van der Waals surface area (Å²) < 4.78 is 37.7. The third-order valence-corrected chi connectivity index (χ3v) is 1.97. The zero-order chi connectivity index (χ0) is 13.1. The number of aromatic nitrogens is 1. The van der Waals surface area contributed by atoms with Crippen molar-refractivity contribution >= 4 is 11.8 Å². The van der Waals surface area contributed by atoms with E-state index in [1.165, 1.54) is 24.4 Å². The smallest absolute Gasteiger partial charge is 0.410 e. The zero-order valence-corrected chi connectivity index (χ0v) is 8.48. The number of hydrogen-bond acceptors (Lipinski definition) is 4. The molecule has 0 aliphatic heterocycles. The SMILES string of the molecule is N[C@H](C(=O)O)C(Nc1ccccn1)C(F)(F)F. The number of carboxylic acids is 1. The third kappa shape index (κ3) is 3.59.